The number of carbonyl (C=O) groups is 4. The molecule has 1 fully saturated rings. The van der Waals surface area contributed by atoms with E-state index in [0.717, 1.165) is 18.4 Å². The maximum absolute atomic E-state index is 14.1. The first kappa shape index (κ1) is 30.2. The molecule has 2 aliphatic rings. The highest BCUT2D eigenvalue weighted by Crippen LogP contribution is 2.28. The third-order valence-electron chi connectivity index (χ3n) is 8.16. The van der Waals surface area contributed by atoms with E-state index in [-0.39, 0.29) is 42.6 Å². The molecule has 9 heteroatoms. The van der Waals surface area contributed by atoms with Gasteiger partial charge in [-0.25, -0.2) is 0 Å². The Morgan fingerprint density at radius 3 is 2.07 bits per heavy atom. The molecule has 2 aromatic rings. The molecule has 0 aromatic heterocycles. The maximum atomic E-state index is 14.1. The normalized spacial score (nSPS) is 20.2. The lowest BCUT2D eigenvalue weighted by atomic mass is 9.85. The number of carbonyl (C=O) groups excluding carboxylic acids is 4. The number of nitrogens with zero attached hydrogens (tertiary/aromatic N) is 1. The number of amides is 4. The minimum Gasteiger partial charge on any atom is -0.351 e. The van der Waals surface area contributed by atoms with Gasteiger partial charge >= 0.3 is 0 Å². The van der Waals surface area contributed by atoms with Crippen molar-refractivity contribution >= 4 is 23.6 Å². The first-order valence-corrected chi connectivity index (χ1v) is 14.4. The van der Waals surface area contributed by atoms with Gasteiger partial charge in [0.1, 0.15) is 12.1 Å². The van der Waals surface area contributed by atoms with E-state index in [4.69, 9.17) is 0 Å². The molecule has 0 bridgehead atoms. The minimum atomic E-state index is -0.858. The number of hydrogen-bond acceptors (Lipinski definition) is 5. The second kappa shape index (κ2) is 12.4. The Hall–Kier alpha value is -3.72. The summed E-state index contributed by atoms with van der Waals surface area (Å²) < 4.78 is 0. The second-order valence-electron chi connectivity index (χ2n) is 12.5. The summed E-state index contributed by atoms with van der Waals surface area (Å²) in [7, 11) is 1.68. The van der Waals surface area contributed by atoms with Crippen LogP contribution in [0.25, 0.3) is 0 Å². The van der Waals surface area contributed by atoms with E-state index in [2.05, 4.69) is 33.4 Å². The molecule has 0 radical (unpaired) electrons. The zero-order valence-corrected chi connectivity index (χ0v) is 24.9. The summed E-state index contributed by atoms with van der Waals surface area (Å²) in [5.41, 5.74) is 3.39. The molecule has 1 saturated heterocycles. The van der Waals surface area contributed by atoms with Crippen LogP contribution in [0.3, 0.4) is 0 Å². The first-order valence-electron chi connectivity index (χ1n) is 14.4. The van der Waals surface area contributed by atoms with Crippen molar-refractivity contribution < 1.29 is 19.2 Å². The Morgan fingerprint density at radius 1 is 0.902 bits per heavy atom. The van der Waals surface area contributed by atoms with Gasteiger partial charge < -0.3 is 26.2 Å². The number of fused-ring (bicyclic) bond motifs is 1. The highest BCUT2D eigenvalue weighted by molar-refractivity contribution is 5.96. The highest BCUT2D eigenvalue weighted by atomic mass is 16.2. The molecular formula is C32H43N5O4. The van der Waals surface area contributed by atoms with Crippen LogP contribution in [0.4, 0.5) is 0 Å². The zero-order valence-electron chi connectivity index (χ0n) is 24.9. The van der Waals surface area contributed by atoms with Gasteiger partial charge in [0, 0.05) is 24.2 Å². The second-order valence-corrected chi connectivity index (χ2v) is 12.5. The Bertz CT molecular complexity index is 1260. The maximum Gasteiger partial charge on any atom is 0.251 e. The quantitative estimate of drug-likeness (QED) is 0.394. The third kappa shape index (κ3) is 7.14. The number of likely N-dealkylation sites (N-methyl/N-ethyl adjacent to an activating group) is 1. The molecule has 220 valence electrons. The third-order valence-corrected chi connectivity index (χ3v) is 8.16. The van der Waals surface area contributed by atoms with Crippen LogP contribution < -0.4 is 21.3 Å². The van der Waals surface area contributed by atoms with Crippen molar-refractivity contribution in [2.75, 3.05) is 13.6 Å². The highest BCUT2D eigenvalue weighted by Gasteiger charge is 2.46. The Balaban J connectivity index is 1.55. The van der Waals surface area contributed by atoms with E-state index >= 15 is 0 Å². The molecular weight excluding hydrogens is 518 g/mol. The number of hydrogen-bond donors (Lipinski definition) is 4. The average molecular weight is 562 g/mol. The fourth-order valence-electron chi connectivity index (χ4n) is 5.58. The summed E-state index contributed by atoms with van der Waals surface area (Å²) in [4.78, 5) is 55.2. The van der Waals surface area contributed by atoms with Crippen molar-refractivity contribution in [3.05, 3.63) is 70.8 Å². The van der Waals surface area contributed by atoms with Crippen LogP contribution >= 0.6 is 0 Å². The molecule has 2 aromatic carbocycles. The zero-order chi connectivity index (χ0) is 29.9. The Labute approximate surface area is 242 Å². The summed E-state index contributed by atoms with van der Waals surface area (Å²) >= 11 is 0. The van der Waals surface area contributed by atoms with E-state index in [1.165, 1.54) is 16.0 Å². The van der Waals surface area contributed by atoms with Gasteiger partial charge in [0.15, 0.2) is 0 Å². The van der Waals surface area contributed by atoms with Gasteiger partial charge in [0.25, 0.3) is 5.91 Å². The molecule has 4 rings (SSSR count). The van der Waals surface area contributed by atoms with Gasteiger partial charge in [-0.2, -0.15) is 0 Å². The van der Waals surface area contributed by atoms with Gasteiger partial charge in [-0.05, 0) is 68.8 Å². The lowest BCUT2D eigenvalue weighted by Crippen LogP contribution is -2.60. The monoisotopic (exact) mass is 561 g/mol. The minimum absolute atomic E-state index is 0.0624. The molecule has 4 atom stereocenters. The molecule has 0 spiro atoms. The number of aryl methyl sites for hydroxylation is 1. The lowest BCUT2D eigenvalue weighted by Gasteiger charge is -2.36. The van der Waals surface area contributed by atoms with Gasteiger partial charge in [0.05, 0.1) is 6.04 Å². The van der Waals surface area contributed by atoms with Crippen molar-refractivity contribution in [3.8, 4) is 0 Å². The summed E-state index contributed by atoms with van der Waals surface area (Å²) in [6.07, 6.45) is 1.75. The van der Waals surface area contributed by atoms with E-state index in [0.29, 0.717) is 5.56 Å². The van der Waals surface area contributed by atoms with Gasteiger partial charge in [0.2, 0.25) is 17.7 Å². The van der Waals surface area contributed by atoms with Crippen molar-refractivity contribution in [1.29, 1.82) is 0 Å². The summed E-state index contributed by atoms with van der Waals surface area (Å²) in [5, 5.41) is 12.0. The molecule has 9 nitrogen and oxygen atoms in total. The van der Waals surface area contributed by atoms with E-state index in [9.17, 15) is 19.2 Å². The predicted molar refractivity (Wildman–Crippen MR) is 158 cm³/mol. The van der Waals surface area contributed by atoms with E-state index in [1.54, 1.807) is 26.1 Å². The number of benzene rings is 2. The predicted octanol–water partition coefficient (Wildman–Crippen LogP) is 2.12. The summed E-state index contributed by atoms with van der Waals surface area (Å²) in [6, 6.07) is 12.8. The number of likely N-dealkylation sites (tertiary alicyclic amines) is 1. The average Bonchev–Trinajstić information content (AvgIpc) is 3.54. The molecule has 1 heterocycles. The van der Waals surface area contributed by atoms with Gasteiger partial charge in [-0.1, -0.05) is 62.7 Å². The van der Waals surface area contributed by atoms with Crippen LogP contribution in [0.2, 0.25) is 0 Å². The molecule has 41 heavy (non-hydrogen) atoms. The van der Waals surface area contributed by atoms with Crippen LogP contribution in [-0.2, 0) is 27.2 Å². The Kier molecular flexibility index (Phi) is 9.17. The fourth-order valence-corrected chi connectivity index (χ4v) is 5.58. The van der Waals surface area contributed by atoms with Crippen LogP contribution in [-0.4, -0.2) is 72.3 Å². The van der Waals surface area contributed by atoms with E-state index in [1.807, 2.05) is 52.0 Å². The standard InChI is InChI=1S/C32H43N5O4/c1-19-11-13-21(14-12-19)29(39)35-25-17-26(30(40)34-24-15-22-9-7-8-10-23(22)16-24)37(18-25)31(41)27(32(3,4)5)36-28(38)20(2)33-6/h7-14,20,24-27,33H,15-18H2,1-6H3,(H,34,40)(H,35,39)(H,36,38)/t20-,25-,26-,27+/m0/s1. The molecule has 1 aliphatic carbocycles. The lowest BCUT2D eigenvalue weighted by molar-refractivity contribution is -0.144. The van der Waals surface area contributed by atoms with Crippen LogP contribution in [0.15, 0.2) is 48.5 Å². The van der Waals surface area contributed by atoms with Gasteiger partial charge in [-0.15, -0.1) is 0 Å². The van der Waals surface area contributed by atoms with Crippen molar-refractivity contribution in [3.63, 3.8) is 0 Å². The molecule has 4 amide bonds. The molecule has 1 aliphatic heterocycles. The topological polar surface area (TPSA) is 120 Å². The van der Waals surface area contributed by atoms with Crippen molar-refractivity contribution in [2.24, 2.45) is 5.41 Å². The molecule has 4 N–H and O–H groups in total. The smallest absolute Gasteiger partial charge is 0.251 e. The van der Waals surface area contributed by atoms with Crippen molar-refractivity contribution in [2.45, 2.75) is 84.1 Å². The molecule has 0 saturated carbocycles. The van der Waals surface area contributed by atoms with E-state index < -0.39 is 29.6 Å². The SMILES string of the molecule is CN[C@@H](C)C(=O)N[C@H](C(=O)N1C[C@@H](NC(=O)c2ccc(C)cc2)C[C@H]1C(=O)NC1Cc2ccccc2C1)C(C)(C)C. The fraction of sp³-hybridized carbons (Fsp3) is 0.500. The largest absolute Gasteiger partial charge is 0.351 e. The summed E-state index contributed by atoms with van der Waals surface area (Å²) in [5.74, 6) is -1.13. The van der Waals surface area contributed by atoms with Crippen molar-refractivity contribution in [1.82, 2.24) is 26.2 Å². The number of nitrogens with one attached hydrogen (secondary N) is 4. The Morgan fingerprint density at radius 2 is 1.51 bits per heavy atom. The number of rotatable bonds is 8. The van der Waals surface area contributed by atoms with Gasteiger partial charge in [-0.3, -0.25) is 19.2 Å². The first-order chi connectivity index (χ1) is 19.4. The molecule has 0 unspecified atom stereocenters. The van der Waals surface area contributed by atoms with Crippen LogP contribution in [0.1, 0.15) is 61.2 Å². The summed E-state index contributed by atoms with van der Waals surface area (Å²) in [6.45, 7) is 9.51. The van der Waals surface area contributed by atoms with Crippen LogP contribution in [0.5, 0.6) is 0 Å². The van der Waals surface area contributed by atoms with Crippen LogP contribution in [0, 0.1) is 12.3 Å².